The van der Waals surface area contributed by atoms with Gasteiger partial charge in [0.1, 0.15) is 17.8 Å². The summed E-state index contributed by atoms with van der Waals surface area (Å²) >= 11 is 3.39. The Morgan fingerprint density at radius 1 is 1.38 bits per heavy atom. The van der Waals surface area contributed by atoms with Crippen LogP contribution in [0.1, 0.15) is 26.7 Å². The first kappa shape index (κ1) is 15.8. The molecule has 1 aromatic rings. The fourth-order valence-corrected chi connectivity index (χ4v) is 2.87. The molecule has 2 unspecified atom stereocenters. The van der Waals surface area contributed by atoms with Gasteiger partial charge in [0.15, 0.2) is 0 Å². The Balaban J connectivity index is 2.39. The molecule has 2 rings (SSSR count). The van der Waals surface area contributed by atoms with Gasteiger partial charge in [0.25, 0.3) is 0 Å². The van der Waals surface area contributed by atoms with Crippen LogP contribution in [0.5, 0.6) is 5.75 Å². The summed E-state index contributed by atoms with van der Waals surface area (Å²) in [6.07, 6.45) is 1.48. The van der Waals surface area contributed by atoms with Gasteiger partial charge in [0.05, 0.1) is 11.6 Å². The number of rotatable bonds is 4. The highest BCUT2D eigenvalue weighted by Crippen LogP contribution is 2.32. The zero-order valence-corrected chi connectivity index (χ0v) is 13.9. The Hall–Kier alpha value is -1.56. The Morgan fingerprint density at radius 2 is 2.10 bits per heavy atom. The standard InChI is InChI=1S/C15H19BrN2O3/c1-4-5-12-15(20)18(9(2)14(19)17-12)10-6-7-11(16)13(8-10)21-3/h6-9,12H,4-5H2,1-3H3,(H,17,19). The Kier molecular flexibility index (Phi) is 4.88. The zero-order valence-electron chi connectivity index (χ0n) is 12.4. The molecule has 0 saturated carbocycles. The van der Waals surface area contributed by atoms with Gasteiger partial charge in [-0.1, -0.05) is 13.3 Å². The lowest BCUT2D eigenvalue weighted by molar-refractivity contribution is -0.133. The van der Waals surface area contributed by atoms with E-state index in [0.717, 1.165) is 10.9 Å². The number of amides is 2. The van der Waals surface area contributed by atoms with Gasteiger partial charge in [-0.25, -0.2) is 0 Å². The summed E-state index contributed by atoms with van der Waals surface area (Å²) in [5.41, 5.74) is 0.670. The molecule has 1 N–H and O–H groups in total. The third-order valence-electron chi connectivity index (χ3n) is 3.61. The van der Waals surface area contributed by atoms with Crippen molar-refractivity contribution in [2.45, 2.75) is 38.8 Å². The molecule has 1 fully saturated rings. The maximum atomic E-state index is 12.6. The van der Waals surface area contributed by atoms with Gasteiger partial charge < -0.3 is 10.1 Å². The molecule has 0 aliphatic carbocycles. The predicted molar refractivity (Wildman–Crippen MR) is 84.5 cm³/mol. The summed E-state index contributed by atoms with van der Waals surface area (Å²) in [4.78, 5) is 26.2. The van der Waals surface area contributed by atoms with Crippen molar-refractivity contribution >= 4 is 33.4 Å². The quantitative estimate of drug-likeness (QED) is 0.903. The van der Waals surface area contributed by atoms with E-state index in [-0.39, 0.29) is 11.8 Å². The highest BCUT2D eigenvalue weighted by molar-refractivity contribution is 9.10. The first-order valence-corrected chi connectivity index (χ1v) is 7.75. The lowest BCUT2D eigenvalue weighted by Crippen LogP contribution is -2.62. The van der Waals surface area contributed by atoms with Gasteiger partial charge in [0.2, 0.25) is 11.8 Å². The minimum atomic E-state index is -0.531. The predicted octanol–water partition coefficient (Wildman–Crippen LogP) is 2.48. The van der Waals surface area contributed by atoms with E-state index in [2.05, 4.69) is 21.2 Å². The maximum Gasteiger partial charge on any atom is 0.250 e. The number of nitrogens with zero attached hydrogens (tertiary/aromatic N) is 1. The minimum Gasteiger partial charge on any atom is -0.495 e. The number of hydrogen-bond donors (Lipinski definition) is 1. The number of methoxy groups -OCH3 is 1. The number of carbonyl (C=O) groups excluding carboxylic acids is 2. The topological polar surface area (TPSA) is 58.6 Å². The molecule has 0 bridgehead atoms. The van der Waals surface area contributed by atoms with E-state index in [1.165, 1.54) is 0 Å². The molecule has 0 radical (unpaired) electrons. The van der Waals surface area contributed by atoms with Crippen molar-refractivity contribution in [1.29, 1.82) is 0 Å². The van der Waals surface area contributed by atoms with Crippen molar-refractivity contribution in [2.24, 2.45) is 0 Å². The first-order chi connectivity index (χ1) is 9.99. The van der Waals surface area contributed by atoms with E-state index >= 15 is 0 Å². The van der Waals surface area contributed by atoms with Crippen molar-refractivity contribution in [3.05, 3.63) is 22.7 Å². The van der Waals surface area contributed by atoms with E-state index in [1.807, 2.05) is 19.1 Å². The van der Waals surface area contributed by atoms with E-state index < -0.39 is 12.1 Å². The van der Waals surface area contributed by atoms with E-state index in [4.69, 9.17) is 4.74 Å². The van der Waals surface area contributed by atoms with Gasteiger partial charge in [-0.05, 0) is 41.4 Å². The largest absolute Gasteiger partial charge is 0.495 e. The molecule has 0 aromatic heterocycles. The Labute approximate surface area is 132 Å². The molecule has 2 amide bonds. The molecule has 6 heteroatoms. The van der Waals surface area contributed by atoms with Crippen LogP contribution in [0.25, 0.3) is 0 Å². The van der Waals surface area contributed by atoms with Crippen LogP contribution in [0.15, 0.2) is 22.7 Å². The van der Waals surface area contributed by atoms with Gasteiger partial charge >= 0.3 is 0 Å². The van der Waals surface area contributed by atoms with Gasteiger partial charge in [-0.3, -0.25) is 14.5 Å². The van der Waals surface area contributed by atoms with Crippen LogP contribution in [-0.2, 0) is 9.59 Å². The molecule has 1 aromatic carbocycles. The number of hydrogen-bond acceptors (Lipinski definition) is 3. The van der Waals surface area contributed by atoms with Crippen molar-refractivity contribution in [2.75, 3.05) is 12.0 Å². The van der Waals surface area contributed by atoms with Gasteiger partial charge in [-0.15, -0.1) is 0 Å². The smallest absolute Gasteiger partial charge is 0.250 e. The molecule has 114 valence electrons. The fourth-order valence-electron chi connectivity index (χ4n) is 2.46. The average Bonchev–Trinajstić information content (AvgIpc) is 2.46. The molecule has 21 heavy (non-hydrogen) atoms. The van der Waals surface area contributed by atoms with Crippen LogP contribution in [0.3, 0.4) is 0 Å². The van der Waals surface area contributed by atoms with Crippen LogP contribution in [-0.4, -0.2) is 31.0 Å². The average molecular weight is 355 g/mol. The number of ether oxygens (including phenoxy) is 1. The Bertz CT molecular complexity index is 562. The second-order valence-electron chi connectivity index (χ2n) is 5.05. The lowest BCUT2D eigenvalue weighted by atomic mass is 10.0. The van der Waals surface area contributed by atoms with Crippen molar-refractivity contribution in [3.63, 3.8) is 0 Å². The van der Waals surface area contributed by atoms with E-state index in [0.29, 0.717) is 17.9 Å². The number of halogens is 1. The summed E-state index contributed by atoms with van der Waals surface area (Å²) in [7, 11) is 1.57. The minimum absolute atomic E-state index is 0.0756. The molecule has 2 atom stereocenters. The molecular formula is C15H19BrN2O3. The number of benzene rings is 1. The van der Waals surface area contributed by atoms with Crippen molar-refractivity contribution < 1.29 is 14.3 Å². The van der Waals surface area contributed by atoms with Crippen LogP contribution in [0, 0.1) is 0 Å². The second kappa shape index (κ2) is 6.47. The summed E-state index contributed by atoms with van der Waals surface area (Å²) in [5, 5.41) is 2.79. The number of nitrogens with one attached hydrogen (secondary N) is 1. The fraction of sp³-hybridized carbons (Fsp3) is 0.467. The summed E-state index contributed by atoms with van der Waals surface area (Å²) in [5.74, 6) is 0.425. The van der Waals surface area contributed by atoms with Crippen molar-refractivity contribution in [3.8, 4) is 5.75 Å². The van der Waals surface area contributed by atoms with Crippen LogP contribution in [0.4, 0.5) is 5.69 Å². The highest BCUT2D eigenvalue weighted by Gasteiger charge is 2.38. The molecule has 1 aliphatic rings. The monoisotopic (exact) mass is 354 g/mol. The molecule has 5 nitrogen and oxygen atoms in total. The highest BCUT2D eigenvalue weighted by atomic mass is 79.9. The van der Waals surface area contributed by atoms with Gasteiger partial charge in [0, 0.05) is 11.8 Å². The molecular weight excluding hydrogens is 336 g/mol. The molecule has 1 heterocycles. The first-order valence-electron chi connectivity index (χ1n) is 6.96. The lowest BCUT2D eigenvalue weighted by Gasteiger charge is -2.37. The van der Waals surface area contributed by atoms with Crippen molar-refractivity contribution in [1.82, 2.24) is 5.32 Å². The van der Waals surface area contributed by atoms with Gasteiger partial charge in [-0.2, -0.15) is 0 Å². The molecule has 0 spiro atoms. The second-order valence-corrected chi connectivity index (χ2v) is 5.91. The van der Waals surface area contributed by atoms with Crippen LogP contribution < -0.4 is 15.0 Å². The normalized spacial score (nSPS) is 22.2. The van der Waals surface area contributed by atoms with E-state index in [1.54, 1.807) is 25.0 Å². The van der Waals surface area contributed by atoms with Crippen LogP contribution in [0.2, 0.25) is 0 Å². The third-order valence-corrected chi connectivity index (χ3v) is 4.26. The summed E-state index contributed by atoms with van der Waals surface area (Å²) in [6.45, 7) is 3.72. The number of carbonyl (C=O) groups is 2. The number of piperazine rings is 1. The third kappa shape index (κ3) is 3.05. The summed E-state index contributed by atoms with van der Waals surface area (Å²) in [6, 6.07) is 4.41. The van der Waals surface area contributed by atoms with Crippen LogP contribution >= 0.6 is 15.9 Å². The molecule has 1 aliphatic heterocycles. The zero-order chi connectivity index (χ0) is 15.6. The Morgan fingerprint density at radius 3 is 2.71 bits per heavy atom. The van der Waals surface area contributed by atoms with E-state index in [9.17, 15) is 9.59 Å². The number of anilines is 1. The SMILES string of the molecule is CCCC1NC(=O)C(C)N(c2ccc(Br)c(OC)c2)C1=O. The summed E-state index contributed by atoms with van der Waals surface area (Å²) < 4.78 is 6.07. The maximum absolute atomic E-state index is 12.6. The molecule has 1 saturated heterocycles.